The third-order valence-corrected chi connectivity index (χ3v) is 6.40. The number of fused-ring (bicyclic) bond motifs is 2. The Labute approximate surface area is 186 Å². The molecule has 1 fully saturated rings. The van der Waals surface area contributed by atoms with Crippen molar-refractivity contribution in [2.75, 3.05) is 11.9 Å². The molecule has 0 radical (unpaired) electrons. The third-order valence-electron chi connectivity index (χ3n) is 5.92. The summed E-state index contributed by atoms with van der Waals surface area (Å²) < 4.78 is 24.6. The summed E-state index contributed by atoms with van der Waals surface area (Å²) in [6, 6.07) is 1.70. The van der Waals surface area contributed by atoms with Crippen LogP contribution < -0.4 is 10.9 Å². The van der Waals surface area contributed by atoms with Gasteiger partial charge >= 0.3 is 7.82 Å². The van der Waals surface area contributed by atoms with Crippen molar-refractivity contribution in [1.82, 2.24) is 24.1 Å². The van der Waals surface area contributed by atoms with E-state index < -0.39 is 38.4 Å². The van der Waals surface area contributed by atoms with Crippen LogP contribution in [0.3, 0.4) is 0 Å². The molecule has 14 nitrogen and oxygen atoms in total. The van der Waals surface area contributed by atoms with Gasteiger partial charge in [-0.05, 0) is 12.5 Å². The number of nitrogens with one attached hydrogen (secondary N) is 2. The zero-order chi connectivity index (χ0) is 23.3. The molecular weight excluding hydrogens is 459 g/mol. The Kier molecular flexibility index (Phi) is 5.61. The van der Waals surface area contributed by atoms with Gasteiger partial charge in [0.05, 0.1) is 31.7 Å². The maximum absolute atomic E-state index is 12.6. The molecular formula is C18H23N6O8P. The van der Waals surface area contributed by atoms with Crippen LogP contribution in [0.1, 0.15) is 36.4 Å². The van der Waals surface area contributed by atoms with Crippen molar-refractivity contribution >= 4 is 24.9 Å². The predicted molar refractivity (Wildman–Crippen MR) is 112 cm³/mol. The molecule has 0 unspecified atom stereocenters. The van der Waals surface area contributed by atoms with Crippen LogP contribution in [-0.4, -0.2) is 62.9 Å². The van der Waals surface area contributed by atoms with Gasteiger partial charge in [-0.1, -0.05) is 0 Å². The fourth-order valence-corrected chi connectivity index (χ4v) is 4.75. The number of hydrogen-bond donors (Lipinski definition) is 6. The molecule has 5 rings (SSSR count). The molecule has 0 spiro atoms. The molecule has 0 bridgehead atoms. The van der Waals surface area contributed by atoms with E-state index in [1.165, 1.54) is 10.9 Å². The van der Waals surface area contributed by atoms with Gasteiger partial charge in [-0.25, -0.2) is 9.55 Å². The molecule has 4 atom stereocenters. The summed E-state index contributed by atoms with van der Waals surface area (Å²) in [7, 11) is -4.71. The van der Waals surface area contributed by atoms with Gasteiger partial charge in [0.2, 0.25) is 5.95 Å². The smallest absolute Gasteiger partial charge is 0.392 e. The van der Waals surface area contributed by atoms with Crippen LogP contribution >= 0.6 is 7.82 Å². The Bertz CT molecular complexity index is 1280. The second-order valence-corrected chi connectivity index (χ2v) is 9.26. The molecule has 0 aromatic carbocycles. The van der Waals surface area contributed by atoms with Gasteiger partial charge in [0.15, 0.2) is 11.2 Å². The van der Waals surface area contributed by atoms with E-state index in [0.29, 0.717) is 0 Å². The molecule has 0 saturated carbocycles. The van der Waals surface area contributed by atoms with Crippen molar-refractivity contribution in [2.24, 2.45) is 0 Å². The van der Waals surface area contributed by atoms with Gasteiger partial charge in [0.1, 0.15) is 12.3 Å². The van der Waals surface area contributed by atoms with Gasteiger partial charge in [-0.15, -0.1) is 0 Å². The van der Waals surface area contributed by atoms with Gasteiger partial charge in [0.25, 0.3) is 5.56 Å². The minimum atomic E-state index is -4.71. The summed E-state index contributed by atoms with van der Waals surface area (Å²) in [6.45, 7) is 0.178. The van der Waals surface area contributed by atoms with E-state index in [1.807, 2.05) is 16.8 Å². The lowest BCUT2D eigenvalue weighted by molar-refractivity contribution is -0.0424. The lowest BCUT2D eigenvalue weighted by atomic mass is 10.1. The van der Waals surface area contributed by atoms with E-state index in [2.05, 4.69) is 24.8 Å². The second kappa shape index (κ2) is 8.33. The highest BCUT2D eigenvalue weighted by Crippen LogP contribution is 2.38. The second-order valence-electron chi connectivity index (χ2n) is 8.02. The van der Waals surface area contributed by atoms with Gasteiger partial charge < -0.3 is 34.6 Å². The number of anilines is 1. The number of hydrogen-bond acceptors (Lipinski definition) is 9. The lowest BCUT2D eigenvalue weighted by Gasteiger charge is -2.17. The number of imidazole rings is 1. The van der Waals surface area contributed by atoms with Crippen LogP contribution in [0.4, 0.5) is 5.95 Å². The number of aryl methyl sites for hydroxylation is 1. The van der Waals surface area contributed by atoms with Crippen LogP contribution in [-0.2, 0) is 27.0 Å². The van der Waals surface area contributed by atoms with E-state index in [9.17, 15) is 19.6 Å². The summed E-state index contributed by atoms with van der Waals surface area (Å²) in [5.74, 6) is 0.220. The van der Waals surface area contributed by atoms with Crippen LogP contribution in [0.2, 0.25) is 0 Å². The molecule has 33 heavy (non-hydrogen) atoms. The van der Waals surface area contributed by atoms with Gasteiger partial charge in [-0.3, -0.25) is 18.9 Å². The first-order valence-electron chi connectivity index (χ1n) is 10.3. The van der Waals surface area contributed by atoms with Gasteiger partial charge in [0, 0.05) is 30.4 Å². The lowest BCUT2D eigenvalue weighted by Crippen LogP contribution is -2.25. The molecule has 3 aromatic heterocycles. The highest BCUT2D eigenvalue weighted by atomic mass is 31.2. The van der Waals surface area contributed by atoms with E-state index in [-0.39, 0.29) is 36.2 Å². The Hall–Kier alpha value is -2.58. The van der Waals surface area contributed by atoms with E-state index in [0.717, 1.165) is 24.2 Å². The normalized spacial score (nSPS) is 25.1. The van der Waals surface area contributed by atoms with Crippen molar-refractivity contribution in [2.45, 2.75) is 50.5 Å². The van der Waals surface area contributed by atoms with Crippen molar-refractivity contribution in [3.05, 3.63) is 40.2 Å². The SMILES string of the molecule is O=c1[nH]c(N[C@H]2CCn3ccc(CO)c32)nc2c1ncn2[C@H]1C[C@H](O)[C@@H](COP(=O)(O)O)O1. The van der Waals surface area contributed by atoms with Gasteiger partial charge in [-0.2, -0.15) is 4.98 Å². The summed E-state index contributed by atoms with van der Waals surface area (Å²) >= 11 is 0. The maximum atomic E-state index is 12.6. The fraction of sp³-hybridized carbons (Fsp3) is 0.500. The van der Waals surface area contributed by atoms with Crippen molar-refractivity contribution in [3.8, 4) is 0 Å². The number of ether oxygens (including phenoxy) is 1. The van der Waals surface area contributed by atoms with Crippen molar-refractivity contribution in [3.63, 3.8) is 0 Å². The minimum Gasteiger partial charge on any atom is -0.392 e. The number of rotatable bonds is 7. The van der Waals surface area contributed by atoms with Crippen LogP contribution in [0, 0.1) is 0 Å². The third kappa shape index (κ3) is 4.22. The standard InChI is InChI=1S/C18H23N6O8P/c25-6-9-1-3-23-4-2-10(15(9)23)20-18-21-16-14(17(27)22-18)19-8-24(16)13-5-11(26)12(32-13)7-31-33(28,29)30/h1,3,8,10-13,25-26H,2,4-7H2,(H2,28,29,30)(H2,20,21,22,27)/t10-,11-,12+,13+/m0/s1. The fourth-order valence-electron chi connectivity index (χ4n) is 4.40. The number of aliphatic hydroxyl groups is 2. The quantitative estimate of drug-likeness (QED) is 0.242. The summed E-state index contributed by atoms with van der Waals surface area (Å²) in [5.41, 5.74) is 1.58. The topological polar surface area (TPSA) is 197 Å². The highest BCUT2D eigenvalue weighted by molar-refractivity contribution is 7.46. The molecule has 15 heteroatoms. The number of aromatic amines is 1. The molecule has 5 heterocycles. The van der Waals surface area contributed by atoms with E-state index in [4.69, 9.17) is 14.5 Å². The molecule has 178 valence electrons. The number of aliphatic hydroxyl groups excluding tert-OH is 2. The Morgan fingerprint density at radius 1 is 1.39 bits per heavy atom. The van der Waals surface area contributed by atoms with E-state index >= 15 is 0 Å². The largest absolute Gasteiger partial charge is 0.469 e. The zero-order valence-corrected chi connectivity index (χ0v) is 18.1. The molecule has 2 aliphatic heterocycles. The summed E-state index contributed by atoms with van der Waals surface area (Å²) in [4.78, 5) is 41.6. The molecule has 1 saturated heterocycles. The first kappa shape index (κ1) is 22.2. The molecule has 3 aromatic rings. The average molecular weight is 482 g/mol. The number of phosphoric acid groups is 1. The molecule has 0 aliphatic carbocycles. The first-order chi connectivity index (χ1) is 15.7. The summed E-state index contributed by atoms with van der Waals surface area (Å²) in [5, 5.41) is 23.1. The Morgan fingerprint density at radius 3 is 2.97 bits per heavy atom. The molecule has 2 aliphatic rings. The highest BCUT2D eigenvalue weighted by Gasteiger charge is 2.37. The molecule has 0 amide bonds. The average Bonchev–Trinajstić information content (AvgIpc) is 3.50. The minimum absolute atomic E-state index is 0.0828. The van der Waals surface area contributed by atoms with Crippen LogP contribution in [0.25, 0.3) is 11.2 Å². The van der Waals surface area contributed by atoms with E-state index in [1.54, 1.807) is 0 Å². The summed E-state index contributed by atoms with van der Waals surface area (Å²) in [6.07, 6.45) is 1.35. The van der Waals surface area contributed by atoms with Crippen LogP contribution in [0.15, 0.2) is 23.4 Å². The van der Waals surface area contributed by atoms with Crippen LogP contribution in [0.5, 0.6) is 0 Å². The maximum Gasteiger partial charge on any atom is 0.469 e. The number of H-pyrrole nitrogens is 1. The Balaban J connectivity index is 1.40. The number of aromatic nitrogens is 5. The molecule has 6 N–H and O–H groups in total. The zero-order valence-electron chi connectivity index (χ0n) is 17.2. The number of nitrogens with zero attached hydrogens (tertiary/aromatic N) is 4. The van der Waals surface area contributed by atoms with Crippen molar-refractivity contribution < 1.29 is 33.8 Å². The first-order valence-corrected chi connectivity index (χ1v) is 11.8. The number of phosphoric ester groups is 1. The van der Waals surface area contributed by atoms with Crippen molar-refractivity contribution in [1.29, 1.82) is 0 Å². The monoisotopic (exact) mass is 482 g/mol. The predicted octanol–water partition coefficient (Wildman–Crippen LogP) is -0.272. The Morgan fingerprint density at radius 2 is 2.21 bits per heavy atom.